The number of halogens is 5. The summed E-state index contributed by atoms with van der Waals surface area (Å²) in [5, 5.41) is 7.16. The fraction of sp³-hybridized carbons (Fsp3) is 0.308. The quantitative estimate of drug-likeness (QED) is 0.882. The van der Waals surface area contributed by atoms with E-state index in [-0.39, 0.29) is 11.6 Å². The highest BCUT2D eigenvalue weighted by atomic mass is 35.5. The molecule has 2 rings (SSSR count). The van der Waals surface area contributed by atoms with Crippen molar-refractivity contribution < 1.29 is 13.2 Å². The van der Waals surface area contributed by atoms with Crippen LogP contribution in [0.4, 0.5) is 18.9 Å². The van der Waals surface area contributed by atoms with Gasteiger partial charge in [-0.15, -0.1) is 0 Å². The molecule has 0 aliphatic carbocycles. The predicted octanol–water partition coefficient (Wildman–Crippen LogP) is 4.67. The largest absolute Gasteiger partial charge is 0.417 e. The van der Waals surface area contributed by atoms with E-state index in [0.717, 1.165) is 17.3 Å². The Balaban J connectivity index is 2.21. The van der Waals surface area contributed by atoms with Crippen LogP contribution in [0.1, 0.15) is 16.8 Å². The smallest absolute Gasteiger partial charge is 0.381 e. The summed E-state index contributed by atoms with van der Waals surface area (Å²) in [6.45, 7) is 2.06. The average Bonchev–Trinajstić information content (AvgIpc) is 2.61. The van der Waals surface area contributed by atoms with Gasteiger partial charge in [0, 0.05) is 24.8 Å². The van der Waals surface area contributed by atoms with Gasteiger partial charge in [-0.25, -0.2) is 0 Å². The summed E-state index contributed by atoms with van der Waals surface area (Å²) >= 11 is 11.6. The third kappa shape index (κ3) is 3.44. The molecular weight excluding hydrogens is 326 g/mol. The molecule has 21 heavy (non-hydrogen) atoms. The van der Waals surface area contributed by atoms with Gasteiger partial charge in [0.2, 0.25) is 0 Å². The number of alkyl halides is 3. The maximum Gasteiger partial charge on any atom is 0.417 e. The molecule has 8 heteroatoms. The number of anilines is 1. The summed E-state index contributed by atoms with van der Waals surface area (Å²) in [6, 6.07) is 3.67. The summed E-state index contributed by atoms with van der Waals surface area (Å²) in [5.74, 6) is 0. The zero-order valence-electron chi connectivity index (χ0n) is 11.2. The minimum atomic E-state index is -4.49. The number of rotatable bonds is 3. The molecule has 3 nitrogen and oxygen atoms in total. The molecule has 1 aromatic heterocycles. The van der Waals surface area contributed by atoms with Crippen LogP contribution in [0.2, 0.25) is 10.2 Å². The van der Waals surface area contributed by atoms with E-state index in [2.05, 4.69) is 10.4 Å². The Kier molecular flexibility index (Phi) is 4.39. The highest BCUT2D eigenvalue weighted by Gasteiger charge is 2.33. The van der Waals surface area contributed by atoms with Crippen molar-refractivity contribution in [1.29, 1.82) is 0 Å². The molecular formula is C13H12Cl2F3N3. The number of aryl methyl sites for hydroxylation is 2. The van der Waals surface area contributed by atoms with Crippen LogP contribution in [0, 0.1) is 6.92 Å². The molecule has 1 aromatic carbocycles. The van der Waals surface area contributed by atoms with Crippen LogP contribution in [0.25, 0.3) is 0 Å². The third-order valence-corrected chi connectivity index (χ3v) is 3.81. The summed E-state index contributed by atoms with van der Waals surface area (Å²) in [6.07, 6.45) is -4.49. The van der Waals surface area contributed by atoms with Gasteiger partial charge in [0.25, 0.3) is 0 Å². The van der Waals surface area contributed by atoms with Gasteiger partial charge in [-0.2, -0.15) is 18.3 Å². The molecule has 2 aromatic rings. The highest BCUT2D eigenvalue weighted by molar-refractivity contribution is 6.31. The molecule has 0 saturated heterocycles. The topological polar surface area (TPSA) is 29.9 Å². The summed E-state index contributed by atoms with van der Waals surface area (Å²) in [5.41, 5.74) is 0.900. The molecule has 0 aliphatic heterocycles. The molecule has 0 spiro atoms. The number of hydrogen-bond donors (Lipinski definition) is 1. The molecule has 0 fully saturated rings. The van der Waals surface area contributed by atoms with E-state index < -0.39 is 11.7 Å². The molecule has 0 unspecified atom stereocenters. The SMILES string of the molecule is Cc1nn(C)c(Cl)c1CNc1ccc(Cl)c(C(F)(F)F)c1. The van der Waals surface area contributed by atoms with Crippen molar-refractivity contribution in [2.24, 2.45) is 7.05 Å². The van der Waals surface area contributed by atoms with Crippen molar-refractivity contribution in [3.8, 4) is 0 Å². The molecule has 1 heterocycles. The average molecular weight is 338 g/mol. The lowest BCUT2D eigenvalue weighted by Gasteiger charge is -2.12. The van der Waals surface area contributed by atoms with Gasteiger partial charge in [-0.05, 0) is 25.1 Å². The maximum atomic E-state index is 12.8. The lowest BCUT2D eigenvalue weighted by atomic mass is 10.2. The van der Waals surface area contributed by atoms with Crippen LogP contribution in [-0.2, 0) is 19.8 Å². The standard InChI is InChI=1S/C13H12Cl2F3N3/c1-7-9(12(15)21(2)20-7)6-19-8-3-4-11(14)10(5-8)13(16,17)18/h3-5,19H,6H2,1-2H3. The Morgan fingerprint density at radius 1 is 1.29 bits per heavy atom. The van der Waals surface area contributed by atoms with Gasteiger partial charge < -0.3 is 5.32 Å². The number of hydrogen-bond acceptors (Lipinski definition) is 2. The van der Waals surface area contributed by atoms with E-state index in [0.29, 0.717) is 10.8 Å². The van der Waals surface area contributed by atoms with Crippen molar-refractivity contribution >= 4 is 28.9 Å². The lowest BCUT2D eigenvalue weighted by Crippen LogP contribution is -2.08. The predicted molar refractivity (Wildman–Crippen MR) is 76.7 cm³/mol. The van der Waals surface area contributed by atoms with Gasteiger partial charge >= 0.3 is 6.18 Å². The van der Waals surface area contributed by atoms with Gasteiger partial charge in [0.1, 0.15) is 5.15 Å². The zero-order valence-corrected chi connectivity index (χ0v) is 12.7. The first kappa shape index (κ1) is 16.0. The monoisotopic (exact) mass is 337 g/mol. The maximum absolute atomic E-state index is 12.8. The molecule has 0 saturated carbocycles. The number of benzene rings is 1. The molecule has 0 radical (unpaired) electrons. The van der Waals surface area contributed by atoms with Gasteiger partial charge in [0.05, 0.1) is 16.3 Å². The zero-order chi connectivity index (χ0) is 15.8. The van der Waals surface area contributed by atoms with Crippen LogP contribution in [0.3, 0.4) is 0 Å². The highest BCUT2D eigenvalue weighted by Crippen LogP contribution is 2.36. The number of aromatic nitrogens is 2. The Labute approximate surface area is 129 Å². The van der Waals surface area contributed by atoms with E-state index >= 15 is 0 Å². The van der Waals surface area contributed by atoms with Crippen LogP contribution >= 0.6 is 23.2 Å². The fourth-order valence-corrected chi connectivity index (χ4v) is 2.38. The second-order valence-electron chi connectivity index (χ2n) is 4.52. The van der Waals surface area contributed by atoms with Crippen LogP contribution < -0.4 is 5.32 Å². The van der Waals surface area contributed by atoms with E-state index in [4.69, 9.17) is 23.2 Å². The first-order valence-corrected chi connectivity index (χ1v) is 6.74. The first-order chi connectivity index (χ1) is 9.70. The summed E-state index contributed by atoms with van der Waals surface area (Å²) < 4.78 is 39.8. The van der Waals surface area contributed by atoms with E-state index in [1.165, 1.54) is 16.8 Å². The van der Waals surface area contributed by atoms with Crippen molar-refractivity contribution in [2.45, 2.75) is 19.6 Å². The van der Waals surface area contributed by atoms with E-state index in [1.54, 1.807) is 14.0 Å². The fourth-order valence-electron chi connectivity index (χ4n) is 1.92. The van der Waals surface area contributed by atoms with Crippen molar-refractivity contribution in [3.63, 3.8) is 0 Å². The minimum absolute atomic E-state index is 0.275. The normalized spacial score (nSPS) is 11.8. The first-order valence-electron chi connectivity index (χ1n) is 5.98. The molecule has 1 N–H and O–H groups in total. The Morgan fingerprint density at radius 2 is 1.95 bits per heavy atom. The van der Waals surface area contributed by atoms with Crippen LogP contribution in [0.5, 0.6) is 0 Å². The van der Waals surface area contributed by atoms with Gasteiger partial charge in [-0.3, -0.25) is 4.68 Å². The Bertz CT molecular complexity index is 665. The second-order valence-corrected chi connectivity index (χ2v) is 5.29. The third-order valence-electron chi connectivity index (χ3n) is 3.01. The second kappa shape index (κ2) is 5.77. The van der Waals surface area contributed by atoms with E-state index in [9.17, 15) is 13.2 Å². The summed E-state index contributed by atoms with van der Waals surface area (Å²) in [4.78, 5) is 0. The van der Waals surface area contributed by atoms with E-state index in [1.807, 2.05) is 0 Å². The molecule has 114 valence electrons. The number of nitrogens with one attached hydrogen (secondary N) is 1. The Morgan fingerprint density at radius 3 is 2.48 bits per heavy atom. The Hall–Kier alpha value is -1.40. The lowest BCUT2D eigenvalue weighted by molar-refractivity contribution is -0.137. The molecule has 0 atom stereocenters. The van der Waals surface area contributed by atoms with Crippen molar-refractivity contribution in [1.82, 2.24) is 9.78 Å². The van der Waals surface area contributed by atoms with Gasteiger partial charge in [-0.1, -0.05) is 23.2 Å². The molecule has 0 amide bonds. The van der Waals surface area contributed by atoms with Crippen LogP contribution in [-0.4, -0.2) is 9.78 Å². The summed E-state index contributed by atoms with van der Waals surface area (Å²) in [7, 11) is 1.70. The van der Waals surface area contributed by atoms with Crippen molar-refractivity contribution in [2.75, 3.05) is 5.32 Å². The number of nitrogens with zero attached hydrogens (tertiary/aromatic N) is 2. The van der Waals surface area contributed by atoms with Crippen molar-refractivity contribution in [3.05, 3.63) is 45.2 Å². The van der Waals surface area contributed by atoms with Gasteiger partial charge in [0.15, 0.2) is 0 Å². The molecule has 0 aliphatic rings. The molecule has 0 bridgehead atoms. The van der Waals surface area contributed by atoms with Crippen LogP contribution in [0.15, 0.2) is 18.2 Å². The minimum Gasteiger partial charge on any atom is -0.381 e.